The second-order valence-electron chi connectivity index (χ2n) is 3.44. The predicted octanol–water partition coefficient (Wildman–Crippen LogP) is 2.20. The van der Waals surface area contributed by atoms with Crippen molar-refractivity contribution in [1.29, 1.82) is 0 Å². The molecule has 2 N–H and O–H groups in total. The third-order valence-electron chi connectivity index (χ3n) is 2.24. The molecule has 0 saturated carbocycles. The molecule has 0 aliphatic rings. The van der Waals surface area contributed by atoms with Gasteiger partial charge in [-0.2, -0.15) is 0 Å². The zero-order chi connectivity index (χ0) is 12.4. The van der Waals surface area contributed by atoms with E-state index in [1.54, 1.807) is 14.0 Å². The van der Waals surface area contributed by atoms with E-state index >= 15 is 0 Å². The quantitative estimate of drug-likeness (QED) is 0.919. The van der Waals surface area contributed by atoms with Crippen LogP contribution in [0.2, 0.25) is 0 Å². The number of nitrogen functional groups attached to an aromatic ring is 1. The SMILES string of the molecule is COc1ccc(Br)cc1-c1nnc(C)nc1N. The molecule has 2 rings (SSSR count). The molecule has 0 atom stereocenters. The largest absolute Gasteiger partial charge is 0.496 e. The average molecular weight is 295 g/mol. The van der Waals surface area contributed by atoms with Gasteiger partial charge in [-0.1, -0.05) is 15.9 Å². The summed E-state index contributed by atoms with van der Waals surface area (Å²) in [7, 11) is 1.60. The second-order valence-corrected chi connectivity index (χ2v) is 4.35. The van der Waals surface area contributed by atoms with E-state index in [1.165, 1.54) is 0 Å². The number of hydrogen-bond acceptors (Lipinski definition) is 5. The maximum Gasteiger partial charge on any atom is 0.154 e. The monoisotopic (exact) mass is 294 g/mol. The van der Waals surface area contributed by atoms with Gasteiger partial charge in [-0.05, 0) is 25.1 Å². The van der Waals surface area contributed by atoms with Crippen LogP contribution in [0, 0.1) is 6.92 Å². The summed E-state index contributed by atoms with van der Waals surface area (Å²) in [4.78, 5) is 4.09. The summed E-state index contributed by atoms with van der Waals surface area (Å²) in [6, 6.07) is 5.59. The molecule has 17 heavy (non-hydrogen) atoms. The molecule has 2 aromatic rings. The molecular formula is C11H11BrN4O. The van der Waals surface area contributed by atoms with Gasteiger partial charge in [0.05, 0.1) is 7.11 Å². The van der Waals surface area contributed by atoms with Crippen molar-refractivity contribution in [3.05, 3.63) is 28.5 Å². The van der Waals surface area contributed by atoms with Gasteiger partial charge in [-0.3, -0.25) is 0 Å². The maximum absolute atomic E-state index is 5.84. The fourth-order valence-corrected chi connectivity index (χ4v) is 1.84. The number of anilines is 1. The van der Waals surface area contributed by atoms with Crippen LogP contribution < -0.4 is 10.5 Å². The van der Waals surface area contributed by atoms with Gasteiger partial charge in [0.15, 0.2) is 5.82 Å². The predicted molar refractivity (Wildman–Crippen MR) is 68.7 cm³/mol. The second kappa shape index (κ2) is 4.67. The normalized spacial score (nSPS) is 10.3. The van der Waals surface area contributed by atoms with E-state index in [0.29, 0.717) is 23.1 Å². The van der Waals surface area contributed by atoms with E-state index in [0.717, 1.165) is 10.0 Å². The fourth-order valence-electron chi connectivity index (χ4n) is 1.48. The first-order chi connectivity index (χ1) is 8.11. The van der Waals surface area contributed by atoms with Crippen LogP contribution in [0.5, 0.6) is 5.75 Å². The molecule has 0 saturated heterocycles. The number of halogens is 1. The van der Waals surface area contributed by atoms with Crippen LogP contribution >= 0.6 is 15.9 Å². The number of aryl methyl sites for hydroxylation is 1. The lowest BCUT2D eigenvalue weighted by molar-refractivity contribution is 0.416. The average Bonchev–Trinajstić information content (AvgIpc) is 2.29. The lowest BCUT2D eigenvalue weighted by Crippen LogP contribution is -2.03. The standard InChI is InChI=1S/C11H11BrN4O/c1-6-14-11(13)10(16-15-6)8-5-7(12)3-4-9(8)17-2/h3-5H,1-2H3,(H2,13,14,15). The molecule has 0 radical (unpaired) electrons. The molecule has 0 amide bonds. The van der Waals surface area contributed by atoms with Crippen LogP contribution in [0.15, 0.2) is 22.7 Å². The van der Waals surface area contributed by atoms with Crippen LogP contribution in [0.25, 0.3) is 11.3 Å². The van der Waals surface area contributed by atoms with Crippen molar-refractivity contribution < 1.29 is 4.74 Å². The van der Waals surface area contributed by atoms with Gasteiger partial charge in [0.25, 0.3) is 0 Å². The Morgan fingerprint density at radius 3 is 2.71 bits per heavy atom. The summed E-state index contributed by atoms with van der Waals surface area (Å²) >= 11 is 3.40. The lowest BCUT2D eigenvalue weighted by atomic mass is 10.1. The molecule has 0 fully saturated rings. The van der Waals surface area contributed by atoms with Crippen molar-refractivity contribution in [2.24, 2.45) is 0 Å². The van der Waals surface area contributed by atoms with E-state index in [-0.39, 0.29) is 0 Å². The molecule has 0 aliphatic heterocycles. The Kier molecular flexibility index (Phi) is 3.23. The smallest absolute Gasteiger partial charge is 0.154 e. The summed E-state index contributed by atoms with van der Waals surface area (Å²) in [5.74, 6) is 1.56. The van der Waals surface area contributed by atoms with Crippen molar-refractivity contribution in [2.45, 2.75) is 6.92 Å². The highest BCUT2D eigenvalue weighted by Gasteiger charge is 2.13. The number of rotatable bonds is 2. The van der Waals surface area contributed by atoms with Crippen LogP contribution in [0.1, 0.15) is 5.82 Å². The van der Waals surface area contributed by atoms with Crippen molar-refractivity contribution >= 4 is 21.7 Å². The zero-order valence-corrected chi connectivity index (χ0v) is 11.0. The third-order valence-corrected chi connectivity index (χ3v) is 2.73. The Bertz CT molecular complexity index is 559. The summed E-state index contributed by atoms with van der Waals surface area (Å²) in [6.45, 7) is 1.74. The van der Waals surface area contributed by atoms with Crippen molar-refractivity contribution in [1.82, 2.24) is 15.2 Å². The van der Waals surface area contributed by atoms with E-state index in [9.17, 15) is 0 Å². The van der Waals surface area contributed by atoms with Crippen molar-refractivity contribution in [3.8, 4) is 17.0 Å². The molecule has 0 unspecified atom stereocenters. The minimum absolute atomic E-state index is 0.342. The molecule has 0 bridgehead atoms. The van der Waals surface area contributed by atoms with Gasteiger partial charge in [-0.25, -0.2) is 4.98 Å². The van der Waals surface area contributed by atoms with Gasteiger partial charge in [0.1, 0.15) is 17.3 Å². The minimum Gasteiger partial charge on any atom is -0.496 e. The third kappa shape index (κ3) is 2.36. The molecular weight excluding hydrogens is 284 g/mol. The highest BCUT2D eigenvalue weighted by molar-refractivity contribution is 9.10. The number of methoxy groups -OCH3 is 1. The summed E-state index contributed by atoms with van der Waals surface area (Å²) in [5, 5.41) is 7.97. The Hall–Kier alpha value is -1.69. The molecule has 1 aromatic heterocycles. The summed E-state index contributed by atoms with van der Waals surface area (Å²) in [5.41, 5.74) is 7.13. The number of hydrogen-bond donors (Lipinski definition) is 1. The van der Waals surface area contributed by atoms with E-state index in [4.69, 9.17) is 10.5 Å². The molecule has 88 valence electrons. The topological polar surface area (TPSA) is 73.9 Å². The molecule has 5 nitrogen and oxygen atoms in total. The Morgan fingerprint density at radius 2 is 2.06 bits per heavy atom. The summed E-state index contributed by atoms with van der Waals surface area (Å²) < 4.78 is 6.18. The minimum atomic E-state index is 0.342. The van der Waals surface area contributed by atoms with Crippen LogP contribution in [-0.2, 0) is 0 Å². The number of aromatic nitrogens is 3. The first kappa shape index (κ1) is 11.8. The van der Waals surface area contributed by atoms with E-state index < -0.39 is 0 Å². The van der Waals surface area contributed by atoms with Crippen LogP contribution in [0.4, 0.5) is 5.82 Å². The first-order valence-corrected chi connectivity index (χ1v) is 5.72. The summed E-state index contributed by atoms with van der Waals surface area (Å²) in [6.07, 6.45) is 0. The van der Waals surface area contributed by atoms with Crippen molar-refractivity contribution in [3.63, 3.8) is 0 Å². The van der Waals surface area contributed by atoms with Crippen LogP contribution in [-0.4, -0.2) is 22.3 Å². The molecule has 1 aromatic carbocycles. The lowest BCUT2D eigenvalue weighted by Gasteiger charge is -2.09. The van der Waals surface area contributed by atoms with Gasteiger partial charge in [-0.15, -0.1) is 10.2 Å². The van der Waals surface area contributed by atoms with Gasteiger partial charge >= 0.3 is 0 Å². The van der Waals surface area contributed by atoms with Gasteiger partial charge in [0.2, 0.25) is 0 Å². The van der Waals surface area contributed by atoms with E-state index in [1.807, 2.05) is 18.2 Å². The van der Waals surface area contributed by atoms with Crippen LogP contribution in [0.3, 0.4) is 0 Å². The molecule has 1 heterocycles. The first-order valence-electron chi connectivity index (χ1n) is 4.92. The fraction of sp³-hybridized carbons (Fsp3) is 0.182. The number of benzene rings is 1. The molecule has 0 spiro atoms. The molecule has 6 heteroatoms. The van der Waals surface area contributed by atoms with Gasteiger partial charge < -0.3 is 10.5 Å². The highest BCUT2D eigenvalue weighted by atomic mass is 79.9. The Labute approximate surface area is 107 Å². The van der Waals surface area contributed by atoms with Crippen molar-refractivity contribution in [2.75, 3.05) is 12.8 Å². The number of nitrogens with two attached hydrogens (primary N) is 1. The zero-order valence-electron chi connectivity index (χ0n) is 9.44. The van der Waals surface area contributed by atoms with Gasteiger partial charge in [0, 0.05) is 10.0 Å². The maximum atomic E-state index is 5.84. The number of nitrogens with zero attached hydrogens (tertiary/aromatic N) is 3. The molecule has 0 aliphatic carbocycles. The highest BCUT2D eigenvalue weighted by Crippen LogP contribution is 2.33. The number of ether oxygens (including phenoxy) is 1. The Balaban J connectivity index is 2.62. The van der Waals surface area contributed by atoms with E-state index in [2.05, 4.69) is 31.1 Å². The Morgan fingerprint density at radius 1 is 1.29 bits per heavy atom.